The highest BCUT2D eigenvalue weighted by molar-refractivity contribution is 5.71. The van der Waals surface area contributed by atoms with Crippen LogP contribution in [-0.4, -0.2) is 19.4 Å². The Balaban J connectivity index is 2.25. The zero-order chi connectivity index (χ0) is 13.1. The van der Waals surface area contributed by atoms with Crippen molar-refractivity contribution in [1.82, 2.24) is 5.32 Å². The van der Waals surface area contributed by atoms with Crippen molar-refractivity contribution in [3.05, 3.63) is 23.8 Å². The maximum absolute atomic E-state index is 11.3. The van der Waals surface area contributed by atoms with Crippen LogP contribution >= 0.6 is 0 Å². The maximum atomic E-state index is 11.3. The molecule has 1 amide bonds. The van der Waals surface area contributed by atoms with Crippen molar-refractivity contribution in [2.75, 3.05) is 7.05 Å². The molecule has 1 heterocycles. The largest absolute Gasteiger partial charge is 0.460 e. The third-order valence-electron chi connectivity index (χ3n) is 2.65. The Hall–Kier alpha value is -1.75. The lowest BCUT2D eigenvalue weighted by atomic mass is 10.1. The molecule has 0 radical (unpaired) electrons. The van der Waals surface area contributed by atoms with Gasteiger partial charge in [-0.15, -0.1) is 0 Å². The van der Waals surface area contributed by atoms with E-state index in [0.29, 0.717) is 18.1 Å². The smallest absolute Gasteiger partial charge is 0.412 e. The Morgan fingerprint density at radius 2 is 2.28 bits per heavy atom. The first-order valence-corrected chi connectivity index (χ1v) is 5.91. The van der Waals surface area contributed by atoms with Gasteiger partial charge in [-0.2, -0.15) is 0 Å². The maximum Gasteiger partial charge on any atom is 0.412 e. The summed E-state index contributed by atoms with van der Waals surface area (Å²) in [6.07, 6.45) is -0.827. The van der Waals surface area contributed by atoms with Crippen LogP contribution < -0.4 is 14.8 Å². The van der Waals surface area contributed by atoms with Crippen molar-refractivity contribution < 1.29 is 19.0 Å². The van der Waals surface area contributed by atoms with Gasteiger partial charge in [0.25, 0.3) is 0 Å². The molecule has 1 aliphatic rings. The third-order valence-corrected chi connectivity index (χ3v) is 2.65. The summed E-state index contributed by atoms with van der Waals surface area (Å²) in [7, 11) is 1.51. The third kappa shape index (κ3) is 2.56. The molecule has 1 aliphatic heterocycles. The summed E-state index contributed by atoms with van der Waals surface area (Å²) in [5, 5.41) is 2.41. The van der Waals surface area contributed by atoms with Crippen molar-refractivity contribution in [1.29, 1.82) is 0 Å². The fourth-order valence-corrected chi connectivity index (χ4v) is 1.69. The first-order chi connectivity index (χ1) is 8.61. The molecule has 0 saturated heterocycles. The van der Waals surface area contributed by atoms with E-state index in [2.05, 4.69) is 5.32 Å². The number of nitrogens with one attached hydrogen (secondary N) is 1. The molecular formula is C13H17NO4. The molecule has 0 saturated carbocycles. The Morgan fingerprint density at radius 3 is 2.94 bits per heavy atom. The summed E-state index contributed by atoms with van der Waals surface area (Å²) < 4.78 is 16.5. The number of carbonyl (C=O) groups is 1. The molecule has 2 rings (SSSR count). The van der Waals surface area contributed by atoms with Crippen molar-refractivity contribution in [3.8, 4) is 11.5 Å². The van der Waals surface area contributed by atoms with Gasteiger partial charge in [0.1, 0.15) is 0 Å². The second-order valence-electron chi connectivity index (χ2n) is 4.43. The highest BCUT2D eigenvalue weighted by Crippen LogP contribution is 2.37. The standard InChI is InChI=1S/C13H17NO4/c1-8(2)12-16-7-9-5-4-6-10(11(9)18-12)17-13(15)14-3/h4-6,8,12H,7H2,1-3H3,(H,14,15). The molecule has 1 unspecified atom stereocenters. The average Bonchev–Trinajstić information content (AvgIpc) is 2.38. The van der Waals surface area contributed by atoms with Crippen LogP contribution in [0.3, 0.4) is 0 Å². The number of carbonyl (C=O) groups excluding carboxylic acids is 1. The van der Waals surface area contributed by atoms with E-state index in [1.54, 1.807) is 12.1 Å². The fraction of sp³-hybridized carbons (Fsp3) is 0.462. The van der Waals surface area contributed by atoms with E-state index in [1.165, 1.54) is 7.05 Å². The lowest BCUT2D eigenvalue weighted by Crippen LogP contribution is -2.31. The van der Waals surface area contributed by atoms with Gasteiger partial charge in [-0.05, 0) is 6.07 Å². The molecule has 98 valence electrons. The normalized spacial score (nSPS) is 17.9. The predicted molar refractivity (Wildman–Crippen MR) is 65.6 cm³/mol. The monoisotopic (exact) mass is 251 g/mol. The van der Waals surface area contributed by atoms with Crippen LogP contribution in [0.25, 0.3) is 0 Å². The van der Waals surface area contributed by atoms with E-state index in [1.807, 2.05) is 19.9 Å². The molecule has 5 heteroatoms. The molecule has 0 bridgehead atoms. The Morgan fingerprint density at radius 1 is 1.50 bits per heavy atom. The first-order valence-electron chi connectivity index (χ1n) is 5.91. The van der Waals surface area contributed by atoms with E-state index >= 15 is 0 Å². The van der Waals surface area contributed by atoms with Gasteiger partial charge in [-0.25, -0.2) is 4.79 Å². The van der Waals surface area contributed by atoms with E-state index in [9.17, 15) is 4.79 Å². The van der Waals surface area contributed by atoms with Crippen LogP contribution in [0.2, 0.25) is 0 Å². The summed E-state index contributed by atoms with van der Waals surface area (Å²) in [4.78, 5) is 11.3. The van der Waals surface area contributed by atoms with E-state index < -0.39 is 6.09 Å². The lowest BCUT2D eigenvalue weighted by molar-refractivity contribution is -0.133. The molecular weight excluding hydrogens is 234 g/mol. The van der Waals surface area contributed by atoms with Gasteiger partial charge < -0.3 is 19.5 Å². The minimum Gasteiger partial charge on any atom is -0.460 e. The minimum atomic E-state index is -0.514. The van der Waals surface area contributed by atoms with Gasteiger partial charge in [-0.3, -0.25) is 0 Å². The van der Waals surface area contributed by atoms with Crippen molar-refractivity contribution in [2.24, 2.45) is 5.92 Å². The zero-order valence-corrected chi connectivity index (χ0v) is 10.7. The summed E-state index contributed by atoms with van der Waals surface area (Å²) in [5.41, 5.74) is 0.883. The summed E-state index contributed by atoms with van der Waals surface area (Å²) in [6, 6.07) is 5.40. The van der Waals surface area contributed by atoms with E-state index in [-0.39, 0.29) is 12.2 Å². The summed E-state index contributed by atoms with van der Waals surface area (Å²) in [6.45, 7) is 4.49. The minimum absolute atomic E-state index is 0.228. The predicted octanol–water partition coefficient (Wildman–Crippen LogP) is 2.30. The fourth-order valence-electron chi connectivity index (χ4n) is 1.69. The lowest BCUT2D eigenvalue weighted by Gasteiger charge is -2.29. The van der Waals surface area contributed by atoms with Gasteiger partial charge in [0.2, 0.25) is 6.29 Å². The summed E-state index contributed by atoms with van der Waals surface area (Å²) >= 11 is 0. The van der Waals surface area contributed by atoms with Crippen molar-refractivity contribution in [2.45, 2.75) is 26.7 Å². The van der Waals surface area contributed by atoms with E-state index in [4.69, 9.17) is 14.2 Å². The topological polar surface area (TPSA) is 56.8 Å². The molecule has 0 aliphatic carbocycles. The molecule has 1 aromatic carbocycles. The van der Waals surface area contributed by atoms with Crippen molar-refractivity contribution in [3.63, 3.8) is 0 Å². The number of fused-ring (bicyclic) bond motifs is 1. The van der Waals surface area contributed by atoms with Crippen LogP contribution in [0, 0.1) is 5.92 Å². The van der Waals surface area contributed by atoms with Gasteiger partial charge >= 0.3 is 6.09 Å². The van der Waals surface area contributed by atoms with Gasteiger partial charge in [0, 0.05) is 18.5 Å². The highest BCUT2D eigenvalue weighted by Gasteiger charge is 2.26. The quantitative estimate of drug-likeness (QED) is 0.876. The Bertz CT molecular complexity index is 445. The highest BCUT2D eigenvalue weighted by atomic mass is 16.7. The Labute approximate surface area is 106 Å². The van der Waals surface area contributed by atoms with Crippen molar-refractivity contribution >= 4 is 6.09 Å². The molecule has 1 atom stereocenters. The molecule has 1 aromatic rings. The molecule has 5 nitrogen and oxygen atoms in total. The number of amides is 1. The van der Waals surface area contributed by atoms with Crippen LogP contribution in [0.1, 0.15) is 19.4 Å². The average molecular weight is 251 g/mol. The van der Waals surface area contributed by atoms with E-state index in [0.717, 1.165) is 5.56 Å². The second-order valence-corrected chi connectivity index (χ2v) is 4.43. The zero-order valence-electron chi connectivity index (χ0n) is 10.7. The number of hydrogen-bond donors (Lipinski definition) is 1. The molecule has 18 heavy (non-hydrogen) atoms. The summed E-state index contributed by atoms with van der Waals surface area (Å²) in [5.74, 6) is 1.23. The number of benzene rings is 1. The molecule has 1 N–H and O–H groups in total. The van der Waals surface area contributed by atoms with Crippen LogP contribution in [0.15, 0.2) is 18.2 Å². The number of rotatable bonds is 2. The number of ether oxygens (including phenoxy) is 3. The number of para-hydroxylation sites is 1. The van der Waals surface area contributed by atoms with Crippen LogP contribution in [0.5, 0.6) is 11.5 Å². The number of hydrogen-bond acceptors (Lipinski definition) is 4. The molecule has 0 aromatic heterocycles. The van der Waals surface area contributed by atoms with Gasteiger partial charge in [0.05, 0.1) is 6.61 Å². The molecule has 0 spiro atoms. The van der Waals surface area contributed by atoms with Crippen LogP contribution in [-0.2, 0) is 11.3 Å². The van der Waals surface area contributed by atoms with Gasteiger partial charge in [0.15, 0.2) is 11.5 Å². The second kappa shape index (κ2) is 5.27. The molecule has 0 fully saturated rings. The SMILES string of the molecule is CNC(=O)Oc1cccc2c1OC(C(C)C)OC2. The van der Waals surface area contributed by atoms with Crippen LogP contribution in [0.4, 0.5) is 4.79 Å². The van der Waals surface area contributed by atoms with Gasteiger partial charge in [-0.1, -0.05) is 26.0 Å². The Kier molecular flexibility index (Phi) is 3.72. The first kappa shape index (κ1) is 12.7.